The molecule has 11 heteroatoms. The molecule has 11 nitrogen and oxygen atoms in total. The zero-order valence-electron chi connectivity index (χ0n) is 14.5. The first kappa shape index (κ1) is 22.0. The standard InChI is InChI=1S/C15H23NO10/c1-7(17)16-11-9(19)6-15(25-3,14(23)24-2)26-13(11)12(22)8(18)4-5-10(20)21/h4-5,8-9,11-13,18-19,22H,6H2,1-3H3,(H,16,17)(H,20,21)/b5-4+/t8-,9+,11-,12-,13-,15+/m1/s1. The zero-order valence-corrected chi connectivity index (χ0v) is 14.5. The van der Waals surface area contributed by atoms with E-state index in [0.29, 0.717) is 6.08 Å². The minimum atomic E-state index is -2.08. The Hall–Kier alpha value is -2.05. The molecule has 0 unspecified atom stereocenters. The summed E-state index contributed by atoms with van der Waals surface area (Å²) in [7, 11) is 2.18. The summed E-state index contributed by atoms with van der Waals surface area (Å²) in [6.07, 6.45) is -5.48. The van der Waals surface area contributed by atoms with E-state index < -0.39 is 60.5 Å². The molecule has 0 bridgehead atoms. The fourth-order valence-corrected chi connectivity index (χ4v) is 2.65. The van der Waals surface area contributed by atoms with Crippen LogP contribution >= 0.6 is 0 Å². The second-order valence-electron chi connectivity index (χ2n) is 5.71. The number of hydrogen-bond acceptors (Lipinski definition) is 9. The van der Waals surface area contributed by atoms with Crippen LogP contribution in [-0.4, -0.2) is 88.7 Å². The molecule has 0 aromatic rings. The number of aliphatic hydroxyl groups excluding tert-OH is 3. The van der Waals surface area contributed by atoms with Crippen LogP contribution in [0.4, 0.5) is 0 Å². The number of aliphatic carboxylic acids is 1. The third-order valence-electron chi connectivity index (χ3n) is 3.89. The van der Waals surface area contributed by atoms with Crippen LogP contribution in [0.3, 0.4) is 0 Å². The van der Waals surface area contributed by atoms with Gasteiger partial charge >= 0.3 is 11.9 Å². The van der Waals surface area contributed by atoms with Gasteiger partial charge in [-0.05, 0) is 6.08 Å². The summed E-state index contributed by atoms with van der Waals surface area (Å²) < 4.78 is 15.1. The summed E-state index contributed by atoms with van der Waals surface area (Å²) in [6.45, 7) is 1.16. The molecule has 1 fully saturated rings. The number of hydrogen-bond donors (Lipinski definition) is 5. The number of carbonyl (C=O) groups excluding carboxylic acids is 2. The predicted molar refractivity (Wildman–Crippen MR) is 83.6 cm³/mol. The molecular weight excluding hydrogens is 354 g/mol. The van der Waals surface area contributed by atoms with Gasteiger partial charge in [0.05, 0.1) is 19.3 Å². The van der Waals surface area contributed by atoms with Crippen molar-refractivity contribution < 1.29 is 49.0 Å². The highest BCUT2D eigenvalue weighted by atomic mass is 16.7. The zero-order chi connectivity index (χ0) is 20.1. The van der Waals surface area contributed by atoms with E-state index in [4.69, 9.17) is 14.6 Å². The van der Waals surface area contributed by atoms with Gasteiger partial charge in [0.1, 0.15) is 18.3 Å². The largest absolute Gasteiger partial charge is 0.478 e. The summed E-state index contributed by atoms with van der Waals surface area (Å²) in [6, 6.07) is -1.21. The Bertz CT molecular complexity index is 565. The maximum Gasteiger partial charge on any atom is 0.366 e. The van der Waals surface area contributed by atoms with Crippen molar-refractivity contribution >= 4 is 17.8 Å². The summed E-state index contributed by atoms with van der Waals surface area (Å²) in [4.78, 5) is 34.0. The van der Waals surface area contributed by atoms with Gasteiger partial charge in [-0.15, -0.1) is 0 Å². The molecule has 1 heterocycles. The Balaban J connectivity index is 3.21. The molecular formula is C15H23NO10. The quantitative estimate of drug-likeness (QED) is 0.236. The Morgan fingerprint density at radius 2 is 1.92 bits per heavy atom. The average molecular weight is 377 g/mol. The van der Waals surface area contributed by atoms with Gasteiger partial charge in [-0.25, -0.2) is 9.59 Å². The number of esters is 1. The third-order valence-corrected chi connectivity index (χ3v) is 3.89. The lowest BCUT2D eigenvalue weighted by Gasteiger charge is -2.46. The molecule has 0 aromatic carbocycles. The highest BCUT2D eigenvalue weighted by molar-refractivity contribution is 5.80. The van der Waals surface area contributed by atoms with Crippen molar-refractivity contribution in [2.75, 3.05) is 14.2 Å². The van der Waals surface area contributed by atoms with Crippen LogP contribution in [0.15, 0.2) is 12.2 Å². The van der Waals surface area contributed by atoms with Gasteiger partial charge in [-0.3, -0.25) is 4.79 Å². The van der Waals surface area contributed by atoms with Gasteiger partial charge in [0.15, 0.2) is 0 Å². The van der Waals surface area contributed by atoms with E-state index in [1.165, 1.54) is 0 Å². The van der Waals surface area contributed by atoms with Crippen LogP contribution in [0, 0.1) is 0 Å². The smallest absolute Gasteiger partial charge is 0.366 e. The highest BCUT2D eigenvalue weighted by Gasteiger charge is 2.55. The minimum absolute atomic E-state index is 0.411. The number of carboxylic acids is 1. The van der Waals surface area contributed by atoms with Gasteiger partial charge < -0.3 is 40.0 Å². The van der Waals surface area contributed by atoms with Crippen LogP contribution in [-0.2, 0) is 28.6 Å². The monoisotopic (exact) mass is 377 g/mol. The molecule has 1 rings (SSSR count). The van der Waals surface area contributed by atoms with Gasteiger partial charge in [0, 0.05) is 26.5 Å². The summed E-state index contributed by atoms with van der Waals surface area (Å²) in [5.74, 6) is -4.99. The van der Waals surface area contributed by atoms with Crippen LogP contribution in [0.5, 0.6) is 0 Å². The normalized spacial score (nSPS) is 31.2. The van der Waals surface area contributed by atoms with Crippen molar-refractivity contribution in [1.82, 2.24) is 5.32 Å². The number of methoxy groups -OCH3 is 2. The number of carboxylic acid groups (broad SMARTS) is 1. The second kappa shape index (κ2) is 9.05. The Labute approximate surface area is 149 Å². The van der Waals surface area contributed by atoms with E-state index in [1.54, 1.807) is 0 Å². The number of nitrogens with one attached hydrogen (secondary N) is 1. The van der Waals surface area contributed by atoms with E-state index in [0.717, 1.165) is 27.2 Å². The fourth-order valence-electron chi connectivity index (χ4n) is 2.65. The van der Waals surface area contributed by atoms with Crippen LogP contribution < -0.4 is 5.32 Å². The predicted octanol–water partition coefficient (Wildman–Crippen LogP) is -2.48. The topological polar surface area (TPSA) is 172 Å². The van der Waals surface area contributed by atoms with Gasteiger partial charge in [-0.2, -0.15) is 0 Å². The first-order valence-corrected chi connectivity index (χ1v) is 7.61. The summed E-state index contributed by atoms with van der Waals surface area (Å²) in [5, 5.41) is 41.6. The molecule has 148 valence electrons. The molecule has 0 aliphatic carbocycles. The fraction of sp³-hybridized carbons (Fsp3) is 0.667. The maximum absolute atomic E-state index is 12.0. The van der Waals surface area contributed by atoms with Crippen molar-refractivity contribution in [1.29, 1.82) is 0 Å². The first-order valence-electron chi connectivity index (χ1n) is 7.61. The SMILES string of the molecule is COC(=O)[C@]1(OC)C[C@H](O)[C@@H](NC(C)=O)[C@H]([C@H](O)[C@H](O)/C=C/C(=O)O)O1. The highest BCUT2D eigenvalue weighted by Crippen LogP contribution is 2.33. The lowest BCUT2D eigenvalue weighted by atomic mass is 9.88. The van der Waals surface area contributed by atoms with Crippen LogP contribution in [0.1, 0.15) is 13.3 Å². The molecule has 1 aliphatic heterocycles. The maximum atomic E-state index is 12.0. The van der Waals surface area contributed by atoms with E-state index in [-0.39, 0.29) is 0 Å². The number of aliphatic hydroxyl groups is 3. The molecule has 0 spiro atoms. The first-order chi connectivity index (χ1) is 12.1. The van der Waals surface area contributed by atoms with E-state index >= 15 is 0 Å². The Morgan fingerprint density at radius 1 is 1.31 bits per heavy atom. The van der Waals surface area contributed by atoms with Crippen molar-refractivity contribution in [3.8, 4) is 0 Å². The minimum Gasteiger partial charge on any atom is -0.478 e. The molecule has 26 heavy (non-hydrogen) atoms. The van der Waals surface area contributed by atoms with Crippen molar-refractivity contribution in [2.45, 2.75) is 49.6 Å². The third kappa shape index (κ3) is 4.99. The molecule has 5 N–H and O–H groups in total. The summed E-state index contributed by atoms with van der Waals surface area (Å²) in [5.41, 5.74) is 0. The van der Waals surface area contributed by atoms with E-state index in [1.807, 2.05) is 0 Å². The molecule has 0 radical (unpaired) electrons. The summed E-state index contributed by atoms with van der Waals surface area (Å²) >= 11 is 0. The lowest BCUT2D eigenvalue weighted by molar-refractivity contribution is -0.303. The van der Waals surface area contributed by atoms with E-state index in [2.05, 4.69) is 10.1 Å². The molecule has 1 aliphatic rings. The van der Waals surface area contributed by atoms with Crippen LogP contribution in [0.25, 0.3) is 0 Å². The molecule has 6 atom stereocenters. The van der Waals surface area contributed by atoms with Gasteiger partial charge in [0.25, 0.3) is 5.79 Å². The lowest BCUT2D eigenvalue weighted by Crippen LogP contribution is -2.67. The van der Waals surface area contributed by atoms with Crippen molar-refractivity contribution in [3.05, 3.63) is 12.2 Å². The number of amides is 1. The molecule has 0 saturated carbocycles. The Kier molecular flexibility index (Phi) is 7.66. The second-order valence-corrected chi connectivity index (χ2v) is 5.71. The van der Waals surface area contributed by atoms with Gasteiger partial charge in [0.2, 0.25) is 5.91 Å². The van der Waals surface area contributed by atoms with Crippen molar-refractivity contribution in [3.63, 3.8) is 0 Å². The molecule has 1 saturated heterocycles. The molecule has 0 aromatic heterocycles. The number of ether oxygens (including phenoxy) is 3. The number of rotatable bonds is 7. The Morgan fingerprint density at radius 3 is 2.38 bits per heavy atom. The van der Waals surface area contributed by atoms with E-state index in [9.17, 15) is 29.7 Å². The average Bonchev–Trinajstić information content (AvgIpc) is 2.59. The number of carbonyl (C=O) groups is 3. The van der Waals surface area contributed by atoms with Crippen molar-refractivity contribution in [2.24, 2.45) is 0 Å². The van der Waals surface area contributed by atoms with Crippen LogP contribution in [0.2, 0.25) is 0 Å². The molecule has 1 amide bonds. The van der Waals surface area contributed by atoms with Gasteiger partial charge in [-0.1, -0.05) is 0 Å².